The van der Waals surface area contributed by atoms with E-state index in [0.29, 0.717) is 0 Å². The van der Waals surface area contributed by atoms with Gasteiger partial charge in [0, 0.05) is 48.0 Å². The number of fused-ring (bicyclic) bond motifs is 2. The maximum Gasteiger partial charge on any atom is 0.259 e. The monoisotopic (exact) mass is 392 g/mol. The molecule has 0 N–H and O–H groups in total. The quantitative estimate of drug-likeness (QED) is 0.448. The zero-order valence-electron chi connectivity index (χ0n) is 16.6. The van der Waals surface area contributed by atoms with E-state index in [-0.39, 0.29) is 17.5 Å². The summed E-state index contributed by atoms with van der Waals surface area (Å²) in [6.45, 7) is 0. The van der Waals surface area contributed by atoms with Crippen molar-refractivity contribution in [3.8, 4) is 11.1 Å². The average molecular weight is 392 g/mol. The number of benzene rings is 2. The van der Waals surface area contributed by atoms with E-state index in [2.05, 4.69) is 23.3 Å². The highest BCUT2D eigenvalue weighted by atomic mass is 16.1. The number of aryl methyl sites for hydroxylation is 1. The van der Waals surface area contributed by atoms with Crippen LogP contribution in [-0.2, 0) is 7.05 Å². The number of rotatable bonds is 3. The molecule has 3 aromatic heterocycles. The zero-order chi connectivity index (χ0) is 20.2. The van der Waals surface area contributed by atoms with Crippen molar-refractivity contribution in [2.24, 2.45) is 7.05 Å². The summed E-state index contributed by atoms with van der Waals surface area (Å²) in [5, 5.41) is 7.13. The number of para-hydroxylation sites is 1. The van der Waals surface area contributed by atoms with Crippen LogP contribution >= 0.6 is 0 Å². The van der Waals surface area contributed by atoms with Crippen LogP contribution in [0.4, 0.5) is 0 Å². The van der Waals surface area contributed by atoms with Gasteiger partial charge in [0.1, 0.15) is 0 Å². The average Bonchev–Trinajstić information content (AvgIpc) is 3.45. The molecule has 0 amide bonds. The van der Waals surface area contributed by atoms with E-state index in [1.165, 1.54) is 0 Å². The summed E-state index contributed by atoms with van der Waals surface area (Å²) < 4.78 is 3.65. The van der Waals surface area contributed by atoms with Gasteiger partial charge in [0.05, 0.1) is 17.1 Å². The number of pyridine rings is 2. The fourth-order valence-electron chi connectivity index (χ4n) is 4.46. The van der Waals surface area contributed by atoms with E-state index in [4.69, 9.17) is 4.98 Å². The Bertz CT molecular complexity index is 1480. The standard InChI is InChI=1S/C25H20N4O/c1-28-15-18(14-26-28)19-7-4-6-17-11-12-29(25(30)24(17)19)23-13-20(23)22-10-9-16-5-2-3-8-21(16)27-22/h2-12,14-15,20,23H,13H2,1H3/t20-,23-/m1/s1. The van der Waals surface area contributed by atoms with Crippen molar-refractivity contribution in [1.82, 2.24) is 19.3 Å². The molecule has 1 fully saturated rings. The second-order valence-electron chi connectivity index (χ2n) is 8.04. The Morgan fingerprint density at radius 2 is 1.83 bits per heavy atom. The van der Waals surface area contributed by atoms with Crippen LogP contribution in [0.2, 0.25) is 0 Å². The molecule has 0 bridgehead atoms. The van der Waals surface area contributed by atoms with Crippen LogP contribution in [0.15, 0.2) is 84.0 Å². The van der Waals surface area contributed by atoms with Crippen LogP contribution in [0.1, 0.15) is 24.1 Å². The van der Waals surface area contributed by atoms with Gasteiger partial charge in [-0.3, -0.25) is 14.5 Å². The molecule has 0 aliphatic heterocycles. The lowest BCUT2D eigenvalue weighted by Crippen LogP contribution is -2.19. The van der Waals surface area contributed by atoms with Gasteiger partial charge in [-0.1, -0.05) is 42.5 Å². The Morgan fingerprint density at radius 3 is 2.70 bits per heavy atom. The molecule has 3 heterocycles. The first-order valence-electron chi connectivity index (χ1n) is 10.2. The minimum atomic E-state index is 0.0558. The summed E-state index contributed by atoms with van der Waals surface area (Å²) in [6.07, 6.45) is 6.63. The van der Waals surface area contributed by atoms with E-state index in [0.717, 1.165) is 44.9 Å². The molecule has 146 valence electrons. The molecule has 1 saturated carbocycles. The first-order chi connectivity index (χ1) is 14.7. The number of aromatic nitrogens is 4. The lowest BCUT2D eigenvalue weighted by atomic mass is 10.0. The van der Waals surface area contributed by atoms with Gasteiger partial charge in [0.25, 0.3) is 5.56 Å². The zero-order valence-corrected chi connectivity index (χ0v) is 16.6. The van der Waals surface area contributed by atoms with Crippen molar-refractivity contribution in [2.45, 2.75) is 18.4 Å². The molecule has 1 aliphatic carbocycles. The molecule has 2 atom stereocenters. The minimum absolute atomic E-state index is 0.0558. The Labute approximate surface area is 173 Å². The molecule has 2 aromatic carbocycles. The predicted octanol–water partition coefficient (Wildman–Crippen LogP) is 4.68. The van der Waals surface area contributed by atoms with E-state index in [1.807, 2.05) is 72.7 Å². The third kappa shape index (κ3) is 2.66. The molecule has 6 rings (SSSR count). The third-order valence-corrected chi connectivity index (χ3v) is 6.09. The highest BCUT2D eigenvalue weighted by Gasteiger charge is 2.41. The minimum Gasteiger partial charge on any atom is -0.311 e. The van der Waals surface area contributed by atoms with Crippen molar-refractivity contribution >= 4 is 21.7 Å². The summed E-state index contributed by atoms with van der Waals surface area (Å²) in [7, 11) is 1.89. The highest BCUT2D eigenvalue weighted by Crippen LogP contribution is 2.50. The molecule has 1 aliphatic rings. The molecule has 0 unspecified atom stereocenters. The maximum absolute atomic E-state index is 13.5. The summed E-state index contributed by atoms with van der Waals surface area (Å²) >= 11 is 0. The summed E-state index contributed by atoms with van der Waals surface area (Å²) in [5.74, 6) is 0.273. The molecule has 5 heteroatoms. The molecule has 0 radical (unpaired) electrons. The Kier molecular flexibility index (Phi) is 3.65. The Morgan fingerprint density at radius 1 is 0.967 bits per heavy atom. The van der Waals surface area contributed by atoms with E-state index in [9.17, 15) is 4.79 Å². The fraction of sp³-hybridized carbons (Fsp3) is 0.160. The van der Waals surface area contributed by atoms with E-state index < -0.39 is 0 Å². The van der Waals surface area contributed by atoms with Crippen LogP contribution < -0.4 is 5.56 Å². The topological polar surface area (TPSA) is 52.7 Å². The molecule has 5 aromatic rings. The summed E-state index contributed by atoms with van der Waals surface area (Å²) in [4.78, 5) is 18.4. The van der Waals surface area contributed by atoms with Gasteiger partial charge in [0.2, 0.25) is 0 Å². The number of nitrogens with zero attached hydrogens (tertiary/aromatic N) is 4. The summed E-state index contributed by atoms with van der Waals surface area (Å²) in [5.41, 5.74) is 4.01. The lowest BCUT2D eigenvalue weighted by molar-refractivity contribution is 0.688. The fourth-order valence-corrected chi connectivity index (χ4v) is 4.46. The largest absolute Gasteiger partial charge is 0.311 e. The maximum atomic E-state index is 13.5. The van der Waals surface area contributed by atoms with Gasteiger partial charge in [-0.15, -0.1) is 0 Å². The van der Waals surface area contributed by atoms with E-state index in [1.54, 1.807) is 4.68 Å². The highest BCUT2D eigenvalue weighted by molar-refractivity contribution is 5.95. The molecule has 0 spiro atoms. The molecular weight excluding hydrogens is 372 g/mol. The first-order valence-corrected chi connectivity index (χ1v) is 10.2. The van der Waals surface area contributed by atoms with Gasteiger partial charge in [-0.25, -0.2) is 0 Å². The second kappa shape index (κ2) is 6.39. The van der Waals surface area contributed by atoms with Gasteiger partial charge in [-0.05, 0) is 35.6 Å². The van der Waals surface area contributed by atoms with Gasteiger partial charge in [0.15, 0.2) is 0 Å². The summed E-state index contributed by atoms with van der Waals surface area (Å²) in [6, 6.07) is 20.6. The van der Waals surface area contributed by atoms with Gasteiger partial charge in [-0.2, -0.15) is 5.10 Å². The van der Waals surface area contributed by atoms with Gasteiger partial charge < -0.3 is 4.57 Å². The Balaban J connectivity index is 1.43. The van der Waals surface area contributed by atoms with E-state index >= 15 is 0 Å². The van der Waals surface area contributed by atoms with Crippen LogP contribution in [0, 0.1) is 0 Å². The first kappa shape index (κ1) is 17.2. The predicted molar refractivity (Wildman–Crippen MR) is 119 cm³/mol. The van der Waals surface area contributed by atoms with Crippen molar-refractivity contribution < 1.29 is 0 Å². The lowest BCUT2D eigenvalue weighted by Gasteiger charge is -2.10. The number of hydrogen-bond donors (Lipinski definition) is 0. The molecule has 5 nitrogen and oxygen atoms in total. The van der Waals surface area contributed by atoms with Crippen molar-refractivity contribution in [3.05, 3.63) is 95.3 Å². The molecular formula is C25H20N4O. The SMILES string of the molecule is Cn1cc(-c2cccc3ccn([C@@H]4C[C@@H]4c4ccc5ccccc5n4)c(=O)c23)cn1. The van der Waals surface area contributed by atoms with Crippen LogP contribution in [0.25, 0.3) is 32.8 Å². The second-order valence-corrected chi connectivity index (χ2v) is 8.04. The van der Waals surface area contributed by atoms with Crippen molar-refractivity contribution in [1.29, 1.82) is 0 Å². The van der Waals surface area contributed by atoms with Gasteiger partial charge >= 0.3 is 0 Å². The van der Waals surface area contributed by atoms with Crippen LogP contribution in [0.5, 0.6) is 0 Å². The van der Waals surface area contributed by atoms with Crippen LogP contribution in [-0.4, -0.2) is 19.3 Å². The normalized spacial score (nSPS) is 18.2. The van der Waals surface area contributed by atoms with Crippen molar-refractivity contribution in [3.63, 3.8) is 0 Å². The third-order valence-electron chi connectivity index (χ3n) is 6.09. The van der Waals surface area contributed by atoms with Crippen molar-refractivity contribution in [2.75, 3.05) is 0 Å². The smallest absolute Gasteiger partial charge is 0.259 e. The Hall–Kier alpha value is -3.73. The van der Waals surface area contributed by atoms with Crippen LogP contribution in [0.3, 0.4) is 0 Å². The number of hydrogen-bond acceptors (Lipinski definition) is 3. The molecule has 0 saturated heterocycles. The molecule has 30 heavy (non-hydrogen) atoms.